The molecule has 0 bridgehead atoms. The van der Waals surface area contributed by atoms with E-state index >= 15 is 0 Å². The molecule has 142 valence electrons. The summed E-state index contributed by atoms with van der Waals surface area (Å²) < 4.78 is 0. The fraction of sp³-hybridized carbons (Fsp3) is 0.611. The van der Waals surface area contributed by atoms with Crippen molar-refractivity contribution in [3.63, 3.8) is 0 Å². The molecular formula is C18H31ClIN5. The van der Waals surface area contributed by atoms with E-state index in [2.05, 4.69) is 45.5 Å². The van der Waals surface area contributed by atoms with E-state index in [9.17, 15) is 0 Å². The Bertz CT molecular complexity index is 544. The Kier molecular flexibility index (Phi) is 10.5. The maximum Gasteiger partial charge on any atom is 0.191 e. The number of halogens is 2. The van der Waals surface area contributed by atoms with E-state index in [4.69, 9.17) is 11.6 Å². The Labute approximate surface area is 174 Å². The average Bonchev–Trinajstić information content (AvgIpc) is 2.59. The molecule has 1 aromatic carbocycles. The molecule has 0 unspecified atom stereocenters. The van der Waals surface area contributed by atoms with Gasteiger partial charge in [-0.1, -0.05) is 31.0 Å². The number of hydrogen-bond acceptors (Lipinski definition) is 3. The van der Waals surface area contributed by atoms with Gasteiger partial charge in [-0.15, -0.1) is 24.0 Å². The van der Waals surface area contributed by atoms with Crippen LogP contribution in [0.25, 0.3) is 0 Å². The molecule has 2 rings (SSSR count). The molecule has 0 atom stereocenters. The lowest BCUT2D eigenvalue weighted by atomic mass is 10.1. The molecule has 25 heavy (non-hydrogen) atoms. The van der Waals surface area contributed by atoms with Gasteiger partial charge in [-0.3, -0.25) is 4.99 Å². The van der Waals surface area contributed by atoms with Crippen LogP contribution in [0.5, 0.6) is 0 Å². The quantitative estimate of drug-likeness (QED) is 0.285. The highest BCUT2D eigenvalue weighted by Crippen LogP contribution is 2.28. The summed E-state index contributed by atoms with van der Waals surface area (Å²) in [6, 6.07) is 6.17. The van der Waals surface area contributed by atoms with Crippen LogP contribution in [0.1, 0.15) is 25.3 Å². The highest BCUT2D eigenvalue weighted by atomic mass is 127. The van der Waals surface area contributed by atoms with Gasteiger partial charge in [-0.2, -0.15) is 0 Å². The molecule has 1 heterocycles. The van der Waals surface area contributed by atoms with Gasteiger partial charge in [0.2, 0.25) is 0 Å². The summed E-state index contributed by atoms with van der Waals surface area (Å²) in [5, 5.41) is 7.54. The summed E-state index contributed by atoms with van der Waals surface area (Å²) in [7, 11) is 3.97. The van der Waals surface area contributed by atoms with Crippen LogP contribution in [0, 0.1) is 0 Å². The molecule has 0 radical (unpaired) electrons. The normalized spacial score (nSPS) is 15.7. The van der Waals surface area contributed by atoms with Crippen LogP contribution in [0.2, 0.25) is 5.02 Å². The van der Waals surface area contributed by atoms with Crippen LogP contribution in [0.15, 0.2) is 23.2 Å². The van der Waals surface area contributed by atoms with Crippen LogP contribution < -0.4 is 15.5 Å². The molecule has 0 amide bonds. The lowest BCUT2D eigenvalue weighted by molar-refractivity contribution is 0.312. The van der Waals surface area contributed by atoms with Gasteiger partial charge >= 0.3 is 0 Å². The first-order chi connectivity index (χ1) is 11.7. The zero-order valence-electron chi connectivity index (χ0n) is 15.5. The maximum atomic E-state index is 6.49. The minimum atomic E-state index is 0. The van der Waals surface area contributed by atoms with E-state index in [0.29, 0.717) is 6.54 Å². The second-order valence-electron chi connectivity index (χ2n) is 6.23. The molecule has 0 saturated carbocycles. The smallest absolute Gasteiger partial charge is 0.191 e. The third kappa shape index (κ3) is 6.83. The van der Waals surface area contributed by atoms with Crippen molar-refractivity contribution in [3.8, 4) is 0 Å². The largest absolute Gasteiger partial charge is 0.369 e. The number of rotatable bonds is 6. The van der Waals surface area contributed by atoms with Gasteiger partial charge in [0.05, 0.1) is 0 Å². The summed E-state index contributed by atoms with van der Waals surface area (Å²) in [4.78, 5) is 9.07. The first-order valence-electron chi connectivity index (χ1n) is 8.81. The zero-order valence-corrected chi connectivity index (χ0v) is 18.6. The van der Waals surface area contributed by atoms with Gasteiger partial charge in [0.25, 0.3) is 0 Å². The number of guanidine groups is 1. The lowest BCUT2D eigenvalue weighted by Crippen LogP contribution is -2.45. The second-order valence-corrected chi connectivity index (χ2v) is 6.64. The SMILES string of the molecule is CCCCNC(=NC)NCc1c(Cl)cccc1N1CCN(C)CC1.I. The van der Waals surface area contributed by atoms with Crippen molar-refractivity contribution in [1.82, 2.24) is 15.5 Å². The molecule has 1 fully saturated rings. The van der Waals surface area contributed by atoms with Crippen molar-refractivity contribution in [3.05, 3.63) is 28.8 Å². The second kappa shape index (κ2) is 11.8. The average molecular weight is 480 g/mol. The van der Waals surface area contributed by atoms with E-state index in [1.54, 1.807) is 7.05 Å². The van der Waals surface area contributed by atoms with Crippen LogP contribution in [-0.2, 0) is 6.54 Å². The highest BCUT2D eigenvalue weighted by molar-refractivity contribution is 14.0. The van der Waals surface area contributed by atoms with Gasteiger partial charge in [-0.25, -0.2) is 0 Å². The van der Waals surface area contributed by atoms with Crippen LogP contribution in [-0.4, -0.2) is 57.7 Å². The van der Waals surface area contributed by atoms with Gasteiger partial charge in [0.1, 0.15) is 0 Å². The fourth-order valence-corrected chi connectivity index (χ4v) is 3.08. The van der Waals surface area contributed by atoms with Crippen LogP contribution in [0.4, 0.5) is 5.69 Å². The van der Waals surface area contributed by atoms with Crippen LogP contribution >= 0.6 is 35.6 Å². The molecule has 1 saturated heterocycles. The Hall–Kier alpha value is -0.730. The number of nitrogens with zero attached hydrogens (tertiary/aromatic N) is 3. The van der Waals surface area contributed by atoms with E-state index in [0.717, 1.165) is 55.7 Å². The van der Waals surface area contributed by atoms with Crippen molar-refractivity contribution < 1.29 is 0 Å². The zero-order chi connectivity index (χ0) is 17.4. The predicted octanol–water partition coefficient (Wildman–Crippen LogP) is 3.17. The van der Waals surface area contributed by atoms with E-state index in [1.807, 2.05) is 12.1 Å². The summed E-state index contributed by atoms with van der Waals surface area (Å²) in [5.41, 5.74) is 2.37. The Morgan fingerprint density at radius 2 is 1.92 bits per heavy atom. The lowest BCUT2D eigenvalue weighted by Gasteiger charge is -2.35. The summed E-state index contributed by atoms with van der Waals surface area (Å²) in [5.74, 6) is 0.827. The molecule has 7 heteroatoms. The standard InChI is InChI=1S/C18H30ClN5.HI/c1-4-5-9-21-18(20-2)22-14-15-16(19)7-6-8-17(15)24-12-10-23(3)11-13-24;/h6-8H,4-5,9-14H2,1-3H3,(H2,20,21,22);1H. The minimum Gasteiger partial charge on any atom is -0.369 e. The molecule has 5 nitrogen and oxygen atoms in total. The molecule has 1 aliphatic heterocycles. The van der Waals surface area contributed by atoms with Crippen molar-refractivity contribution >= 4 is 47.2 Å². The van der Waals surface area contributed by atoms with Crippen molar-refractivity contribution in [2.45, 2.75) is 26.3 Å². The molecule has 0 aliphatic carbocycles. The van der Waals surface area contributed by atoms with Gasteiger partial charge in [0, 0.05) is 62.6 Å². The molecule has 0 aromatic heterocycles. The van der Waals surface area contributed by atoms with E-state index in [1.165, 1.54) is 12.1 Å². The number of anilines is 1. The molecule has 1 aliphatic rings. The van der Waals surface area contributed by atoms with Crippen molar-refractivity contribution in [2.75, 3.05) is 51.7 Å². The number of likely N-dealkylation sites (N-methyl/N-ethyl adjacent to an activating group) is 1. The number of hydrogen-bond donors (Lipinski definition) is 2. The van der Waals surface area contributed by atoms with Gasteiger partial charge in [0.15, 0.2) is 5.96 Å². The first kappa shape index (κ1) is 22.3. The van der Waals surface area contributed by atoms with Crippen molar-refractivity contribution in [1.29, 1.82) is 0 Å². The Balaban J connectivity index is 0.00000312. The summed E-state index contributed by atoms with van der Waals surface area (Å²) in [6.07, 6.45) is 2.31. The fourth-order valence-electron chi connectivity index (χ4n) is 2.84. The van der Waals surface area contributed by atoms with Gasteiger partial charge in [-0.05, 0) is 25.6 Å². The highest BCUT2D eigenvalue weighted by Gasteiger charge is 2.18. The third-order valence-corrected chi connectivity index (χ3v) is 4.77. The number of nitrogens with one attached hydrogen (secondary N) is 2. The monoisotopic (exact) mass is 479 g/mol. The number of benzene rings is 1. The van der Waals surface area contributed by atoms with Crippen molar-refractivity contribution in [2.24, 2.45) is 4.99 Å². The Morgan fingerprint density at radius 1 is 1.20 bits per heavy atom. The number of unbranched alkanes of at least 4 members (excludes halogenated alkanes) is 1. The molecule has 2 N–H and O–H groups in total. The summed E-state index contributed by atoms with van der Waals surface area (Å²) in [6.45, 7) is 8.03. The van der Waals surface area contributed by atoms with E-state index < -0.39 is 0 Å². The van der Waals surface area contributed by atoms with E-state index in [-0.39, 0.29) is 24.0 Å². The maximum absolute atomic E-state index is 6.49. The molecule has 0 spiro atoms. The topological polar surface area (TPSA) is 42.9 Å². The van der Waals surface area contributed by atoms with Gasteiger partial charge < -0.3 is 20.4 Å². The Morgan fingerprint density at radius 3 is 2.56 bits per heavy atom. The third-order valence-electron chi connectivity index (χ3n) is 4.42. The number of aliphatic imine (C=N–C) groups is 1. The predicted molar refractivity (Wildman–Crippen MR) is 120 cm³/mol. The first-order valence-corrected chi connectivity index (χ1v) is 9.19. The molecular weight excluding hydrogens is 449 g/mol. The summed E-state index contributed by atoms with van der Waals surface area (Å²) >= 11 is 6.49. The minimum absolute atomic E-state index is 0. The number of piperazine rings is 1. The van der Waals surface area contributed by atoms with Crippen LogP contribution in [0.3, 0.4) is 0 Å². The molecule has 1 aromatic rings.